The van der Waals surface area contributed by atoms with Crippen molar-refractivity contribution in [1.29, 1.82) is 0 Å². The van der Waals surface area contributed by atoms with Gasteiger partial charge < -0.3 is 5.73 Å². The first-order chi connectivity index (χ1) is 9.03. The van der Waals surface area contributed by atoms with Gasteiger partial charge in [-0.15, -0.1) is 0 Å². The Morgan fingerprint density at radius 2 is 1.37 bits per heavy atom. The molecule has 3 rings (SSSR count). The smallest absolute Gasteiger partial charge is 0.229 e. The van der Waals surface area contributed by atoms with Gasteiger partial charge in [0.15, 0.2) is 0 Å². The topological polar surface area (TPSA) is 43.1 Å². The summed E-state index contributed by atoms with van der Waals surface area (Å²) in [5.41, 5.74) is 10.0. The second-order valence-corrected chi connectivity index (χ2v) is 5.63. The molecule has 0 aromatic heterocycles. The van der Waals surface area contributed by atoms with Gasteiger partial charge in [-0.05, 0) is 22.3 Å². The van der Waals surface area contributed by atoms with Crippen molar-refractivity contribution in [3.63, 3.8) is 0 Å². The Hall–Kier alpha value is -2.09. The average Bonchev–Trinajstić information content (AvgIpc) is 2.39. The third-order valence-corrected chi connectivity index (χ3v) is 4.17. The van der Waals surface area contributed by atoms with Crippen molar-refractivity contribution in [2.24, 2.45) is 5.73 Å². The molecule has 0 unspecified atom stereocenters. The molecule has 0 spiro atoms. The summed E-state index contributed by atoms with van der Waals surface area (Å²) >= 11 is 0. The molecule has 0 radical (unpaired) electrons. The van der Waals surface area contributed by atoms with Crippen molar-refractivity contribution < 1.29 is 4.79 Å². The largest absolute Gasteiger partial charge is 0.369 e. The minimum absolute atomic E-state index is 0.0981. The van der Waals surface area contributed by atoms with E-state index in [2.05, 4.69) is 26.0 Å². The van der Waals surface area contributed by atoms with E-state index in [1.54, 1.807) is 0 Å². The van der Waals surface area contributed by atoms with Gasteiger partial charge in [0, 0.05) is 5.41 Å². The second-order valence-electron chi connectivity index (χ2n) is 5.63. The molecule has 0 saturated heterocycles. The fraction of sp³-hybridized carbons (Fsp3) is 0.235. The monoisotopic (exact) mass is 251 g/mol. The molecule has 0 heterocycles. The Morgan fingerprint density at radius 1 is 0.947 bits per heavy atom. The first-order valence-corrected chi connectivity index (χ1v) is 6.51. The van der Waals surface area contributed by atoms with E-state index in [4.69, 9.17) is 5.73 Å². The summed E-state index contributed by atoms with van der Waals surface area (Å²) in [5.74, 6) is -0.615. The number of amides is 1. The standard InChI is InChI=1S/C17H17NO/c1-17(2)13-9-5-3-7-11(13)15(16(18)19)12-8-4-6-10-14(12)17/h3-10,15H,1-2H3,(H2,18,19). The lowest BCUT2D eigenvalue weighted by atomic mass is 9.65. The SMILES string of the molecule is CC1(C)c2ccccc2C(C(N)=O)c2ccccc21. The Bertz CT molecular complexity index is 608. The Morgan fingerprint density at radius 3 is 1.79 bits per heavy atom. The maximum atomic E-state index is 11.9. The minimum atomic E-state index is -0.333. The van der Waals surface area contributed by atoms with Gasteiger partial charge in [-0.25, -0.2) is 0 Å². The molecule has 0 atom stereocenters. The van der Waals surface area contributed by atoms with E-state index in [-0.39, 0.29) is 17.2 Å². The average molecular weight is 251 g/mol. The summed E-state index contributed by atoms with van der Waals surface area (Å²) in [7, 11) is 0. The lowest BCUT2D eigenvalue weighted by Crippen LogP contribution is -2.34. The highest BCUT2D eigenvalue weighted by atomic mass is 16.1. The Labute approximate surface area is 113 Å². The van der Waals surface area contributed by atoms with Gasteiger partial charge in [0.25, 0.3) is 0 Å². The predicted molar refractivity (Wildman–Crippen MR) is 76.0 cm³/mol. The first-order valence-electron chi connectivity index (χ1n) is 6.51. The number of hydrogen-bond donors (Lipinski definition) is 1. The van der Waals surface area contributed by atoms with Crippen LogP contribution in [0.3, 0.4) is 0 Å². The molecule has 2 nitrogen and oxygen atoms in total. The summed E-state index contributed by atoms with van der Waals surface area (Å²) in [6.07, 6.45) is 0. The van der Waals surface area contributed by atoms with E-state index in [9.17, 15) is 4.79 Å². The van der Waals surface area contributed by atoms with Crippen LogP contribution < -0.4 is 5.73 Å². The Balaban J connectivity index is 2.37. The van der Waals surface area contributed by atoms with Crippen LogP contribution in [0.1, 0.15) is 42.0 Å². The van der Waals surface area contributed by atoms with Gasteiger partial charge in [-0.1, -0.05) is 62.4 Å². The van der Waals surface area contributed by atoms with Crippen LogP contribution in [0.15, 0.2) is 48.5 Å². The number of carbonyl (C=O) groups is 1. The maximum Gasteiger partial charge on any atom is 0.229 e. The van der Waals surface area contributed by atoms with Crippen LogP contribution in [-0.4, -0.2) is 5.91 Å². The van der Waals surface area contributed by atoms with E-state index >= 15 is 0 Å². The van der Waals surface area contributed by atoms with Crippen LogP contribution in [0, 0.1) is 0 Å². The zero-order valence-electron chi connectivity index (χ0n) is 11.2. The summed E-state index contributed by atoms with van der Waals surface area (Å²) < 4.78 is 0. The fourth-order valence-corrected chi connectivity index (χ4v) is 3.25. The summed E-state index contributed by atoms with van der Waals surface area (Å²) in [6.45, 7) is 4.39. The van der Waals surface area contributed by atoms with Crippen molar-refractivity contribution in [3.05, 3.63) is 70.8 Å². The summed E-state index contributed by atoms with van der Waals surface area (Å²) in [4.78, 5) is 11.9. The van der Waals surface area contributed by atoms with Crippen molar-refractivity contribution in [2.75, 3.05) is 0 Å². The van der Waals surface area contributed by atoms with Crippen LogP contribution in [-0.2, 0) is 10.2 Å². The molecule has 1 amide bonds. The van der Waals surface area contributed by atoms with Gasteiger partial charge in [0.05, 0.1) is 5.92 Å². The van der Waals surface area contributed by atoms with Crippen molar-refractivity contribution >= 4 is 5.91 Å². The van der Waals surface area contributed by atoms with Gasteiger partial charge in [-0.2, -0.15) is 0 Å². The Kier molecular flexibility index (Phi) is 2.49. The van der Waals surface area contributed by atoms with Gasteiger partial charge in [-0.3, -0.25) is 4.79 Å². The van der Waals surface area contributed by atoms with Crippen molar-refractivity contribution in [2.45, 2.75) is 25.2 Å². The van der Waals surface area contributed by atoms with Crippen LogP contribution in [0.4, 0.5) is 0 Å². The highest BCUT2D eigenvalue weighted by molar-refractivity contribution is 5.88. The molecule has 19 heavy (non-hydrogen) atoms. The van der Waals surface area contributed by atoms with Gasteiger partial charge in [0.2, 0.25) is 5.91 Å². The second kappa shape index (κ2) is 3.95. The number of carbonyl (C=O) groups excluding carboxylic acids is 1. The maximum absolute atomic E-state index is 11.9. The summed E-state index contributed by atoms with van der Waals surface area (Å²) in [6, 6.07) is 16.2. The number of primary amides is 1. The molecule has 0 fully saturated rings. The highest BCUT2D eigenvalue weighted by Gasteiger charge is 2.38. The van der Waals surface area contributed by atoms with Crippen molar-refractivity contribution in [1.82, 2.24) is 0 Å². The van der Waals surface area contributed by atoms with E-state index in [1.807, 2.05) is 36.4 Å². The lowest BCUT2D eigenvalue weighted by molar-refractivity contribution is -0.118. The molecule has 1 aliphatic carbocycles. The number of benzene rings is 2. The molecule has 96 valence electrons. The number of rotatable bonds is 1. The molecule has 0 saturated carbocycles. The van der Waals surface area contributed by atoms with E-state index < -0.39 is 0 Å². The van der Waals surface area contributed by atoms with Crippen LogP contribution >= 0.6 is 0 Å². The van der Waals surface area contributed by atoms with Gasteiger partial charge in [0.1, 0.15) is 0 Å². The van der Waals surface area contributed by atoms with E-state index in [1.165, 1.54) is 11.1 Å². The predicted octanol–water partition coefficient (Wildman–Crippen LogP) is 2.94. The number of hydrogen-bond acceptors (Lipinski definition) is 1. The van der Waals surface area contributed by atoms with E-state index in [0.29, 0.717) is 0 Å². The van der Waals surface area contributed by atoms with Crippen LogP contribution in [0.25, 0.3) is 0 Å². The molecule has 0 bridgehead atoms. The zero-order valence-corrected chi connectivity index (χ0v) is 11.2. The van der Waals surface area contributed by atoms with Crippen LogP contribution in [0.5, 0.6) is 0 Å². The van der Waals surface area contributed by atoms with Crippen LogP contribution in [0.2, 0.25) is 0 Å². The molecule has 2 aromatic carbocycles. The molecular weight excluding hydrogens is 234 g/mol. The van der Waals surface area contributed by atoms with Crippen molar-refractivity contribution in [3.8, 4) is 0 Å². The molecular formula is C17H17NO. The third-order valence-electron chi connectivity index (χ3n) is 4.17. The minimum Gasteiger partial charge on any atom is -0.369 e. The number of fused-ring (bicyclic) bond motifs is 2. The molecule has 2 heteroatoms. The van der Waals surface area contributed by atoms with Gasteiger partial charge >= 0.3 is 0 Å². The van der Waals surface area contributed by atoms with E-state index in [0.717, 1.165) is 11.1 Å². The molecule has 1 aliphatic rings. The molecule has 0 aliphatic heterocycles. The number of nitrogens with two attached hydrogens (primary N) is 1. The lowest BCUT2D eigenvalue weighted by Gasteiger charge is -2.38. The fourth-order valence-electron chi connectivity index (χ4n) is 3.25. The highest BCUT2D eigenvalue weighted by Crippen LogP contribution is 2.46. The zero-order chi connectivity index (χ0) is 13.6. The normalized spacial score (nSPS) is 16.5. The molecule has 2 N–H and O–H groups in total. The first kappa shape index (κ1) is 12.0. The quantitative estimate of drug-likeness (QED) is 0.832. The third kappa shape index (κ3) is 1.60. The molecule has 2 aromatic rings. The summed E-state index contributed by atoms with van der Waals surface area (Å²) in [5, 5.41) is 0.